The average Bonchev–Trinajstić information content (AvgIpc) is 2.31. The molecule has 1 aromatic rings. The molecule has 0 saturated heterocycles. The predicted molar refractivity (Wildman–Crippen MR) is 69.0 cm³/mol. The van der Waals surface area contributed by atoms with Gasteiger partial charge in [0, 0.05) is 11.6 Å². The normalized spacial score (nSPS) is 25.4. The topological polar surface area (TPSA) is 38.0 Å². The first kappa shape index (κ1) is 11.0. The van der Waals surface area contributed by atoms with Crippen molar-refractivity contribution in [3.05, 3.63) is 54.6 Å². The summed E-state index contributed by atoms with van der Waals surface area (Å²) < 4.78 is 0. The molecule has 1 aliphatic carbocycles. The number of nitrogens with one attached hydrogen (secondary N) is 1. The van der Waals surface area contributed by atoms with Gasteiger partial charge in [-0.25, -0.2) is 0 Å². The number of anilines is 1. The van der Waals surface area contributed by atoms with Gasteiger partial charge in [-0.15, -0.1) is 0 Å². The summed E-state index contributed by atoms with van der Waals surface area (Å²) in [4.78, 5) is 0. The number of rotatable bonds is 3. The average molecular weight is 214 g/mol. The van der Waals surface area contributed by atoms with E-state index in [-0.39, 0.29) is 6.17 Å². The van der Waals surface area contributed by atoms with E-state index in [9.17, 15) is 0 Å². The van der Waals surface area contributed by atoms with Crippen LogP contribution in [0.1, 0.15) is 6.92 Å². The highest BCUT2D eigenvalue weighted by Gasteiger charge is 2.21. The largest absolute Gasteiger partial charge is 0.369 e. The molecule has 16 heavy (non-hydrogen) atoms. The predicted octanol–water partition coefficient (Wildman–Crippen LogP) is 2.76. The third-order valence-corrected chi connectivity index (χ3v) is 2.99. The van der Waals surface area contributed by atoms with Gasteiger partial charge < -0.3 is 11.1 Å². The van der Waals surface area contributed by atoms with E-state index in [1.54, 1.807) is 0 Å². The highest BCUT2D eigenvalue weighted by Crippen LogP contribution is 2.22. The van der Waals surface area contributed by atoms with Crippen molar-refractivity contribution >= 4 is 5.69 Å². The lowest BCUT2D eigenvalue weighted by Gasteiger charge is -2.28. The van der Waals surface area contributed by atoms with Gasteiger partial charge >= 0.3 is 0 Å². The lowest BCUT2D eigenvalue weighted by Crippen LogP contribution is -2.39. The Hall–Kier alpha value is -1.54. The van der Waals surface area contributed by atoms with Crippen LogP contribution in [0.25, 0.3) is 0 Å². The van der Waals surface area contributed by atoms with Crippen molar-refractivity contribution in [2.45, 2.75) is 13.1 Å². The lowest BCUT2D eigenvalue weighted by molar-refractivity contribution is 0.442. The molecule has 1 aliphatic rings. The second kappa shape index (κ2) is 4.99. The van der Waals surface area contributed by atoms with Gasteiger partial charge in [0.1, 0.15) is 0 Å². The molecule has 0 heterocycles. The first-order valence-corrected chi connectivity index (χ1v) is 5.69. The Bertz CT molecular complexity index is 381. The minimum Gasteiger partial charge on any atom is -0.369 e. The first-order valence-electron chi connectivity index (χ1n) is 5.69. The van der Waals surface area contributed by atoms with E-state index in [1.807, 2.05) is 30.3 Å². The van der Waals surface area contributed by atoms with Gasteiger partial charge in [-0.3, -0.25) is 0 Å². The Kier molecular flexibility index (Phi) is 3.42. The van der Waals surface area contributed by atoms with Crippen LogP contribution in [0.5, 0.6) is 0 Å². The van der Waals surface area contributed by atoms with Crippen LogP contribution in [0.2, 0.25) is 0 Å². The molecular weight excluding hydrogens is 196 g/mol. The molecule has 2 nitrogen and oxygen atoms in total. The third kappa shape index (κ3) is 2.52. The molecule has 0 radical (unpaired) electrons. The Balaban J connectivity index is 2.01. The van der Waals surface area contributed by atoms with E-state index in [0.29, 0.717) is 11.8 Å². The van der Waals surface area contributed by atoms with Crippen LogP contribution in [-0.2, 0) is 0 Å². The van der Waals surface area contributed by atoms with Gasteiger partial charge in [-0.2, -0.15) is 0 Å². The Morgan fingerprint density at radius 2 is 1.81 bits per heavy atom. The quantitative estimate of drug-likeness (QED) is 0.759. The fraction of sp³-hybridized carbons (Fsp3) is 0.286. The molecule has 3 atom stereocenters. The van der Waals surface area contributed by atoms with E-state index in [2.05, 4.69) is 36.5 Å². The molecule has 2 heteroatoms. The van der Waals surface area contributed by atoms with Gasteiger partial charge in [-0.05, 0) is 18.1 Å². The molecule has 2 rings (SSSR count). The van der Waals surface area contributed by atoms with Crippen molar-refractivity contribution in [1.29, 1.82) is 0 Å². The summed E-state index contributed by atoms with van der Waals surface area (Å²) in [7, 11) is 0. The first-order chi connectivity index (χ1) is 7.77. The van der Waals surface area contributed by atoms with E-state index in [4.69, 9.17) is 5.73 Å². The molecule has 0 fully saturated rings. The summed E-state index contributed by atoms with van der Waals surface area (Å²) in [6, 6.07) is 10.1. The molecule has 1 aromatic carbocycles. The maximum atomic E-state index is 6.17. The molecule has 0 aromatic heterocycles. The zero-order valence-corrected chi connectivity index (χ0v) is 9.51. The van der Waals surface area contributed by atoms with Crippen LogP contribution in [0, 0.1) is 11.8 Å². The molecule has 2 unspecified atom stereocenters. The molecule has 0 saturated carbocycles. The molecule has 0 aliphatic heterocycles. The second-order valence-corrected chi connectivity index (χ2v) is 4.24. The summed E-state index contributed by atoms with van der Waals surface area (Å²) in [6.45, 7) is 2.19. The fourth-order valence-electron chi connectivity index (χ4n) is 2.01. The standard InChI is InChI=1S/C14H18N2/c1-11-7-5-6-10-13(11)14(15)16-12-8-3-2-4-9-12/h2-11,13-14,16H,15H2,1H3/t11?,13?,14-/m0/s1. The van der Waals surface area contributed by atoms with Crippen molar-refractivity contribution in [2.75, 3.05) is 5.32 Å². The number of para-hydroxylation sites is 1. The van der Waals surface area contributed by atoms with Gasteiger partial charge in [0.05, 0.1) is 6.17 Å². The van der Waals surface area contributed by atoms with Gasteiger partial charge in [0.25, 0.3) is 0 Å². The fourth-order valence-corrected chi connectivity index (χ4v) is 2.01. The number of nitrogens with two attached hydrogens (primary N) is 1. The highest BCUT2D eigenvalue weighted by molar-refractivity contribution is 5.43. The zero-order valence-electron chi connectivity index (χ0n) is 9.51. The monoisotopic (exact) mass is 214 g/mol. The van der Waals surface area contributed by atoms with Crippen LogP contribution >= 0.6 is 0 Å². The molecule has 3 N–H and O–H groups in total. The number of benzene rings is 1. The summed E-state index contributed by atoms with van der Waals surface area (Å²) in [5.41, 5.74) is 7.25. The Labute approximate surface area is 96.9 Å². The van der Waals surface area contributed by atoms with Crippen molar-refractivity contribution in [3.8, 4) is 0 Å². The summed E-state index contributed by atoms with van der Waals surface area (Å²) >= 11 is 0. The second-order valence-electron chi connectivity index (χ2n) is 4.24. The van der Waals surface area contributed by atoms with E-state index < -0.39 is 0 Å². The maximum Gasteiger partial charge on any atom is 0.0812 e. The van der Waals surface area contributed by atoms with E-state index >= 15 is 0 Å². The van der Waals surface area contributed by atoms with Crippen molar-refractivity contribution in [2.24, 2.45) is 17.6 Å². The van der Waals surface area contributed by atoms with Crippen LogP contribution < -0.4 is 11.1 Å². The zero-order chi connectivity index (χ0) is 11.4. The minimum atomic E-state index is -0.0430. The van der Waals surface area contributed by atoms with Gasteiger partial charge in [0.2, 0.25) is 0 Å². The summed E-state index contributed by atoms with van der Waals surface area (Å²) in [5.74, 6) is 0.835. The molecular formula is C14H18N2. The van der Waals surface area contributed by atoms with Crippen LogP contribution in [0.15, 0.2) is 54.6 Å². The van der Waals surface area contributed by atoms with Crippen LogP contribution in [-0.4, -0.2) is 6.17 Å². The van der Waals surface area contributed by atoms with E-state index in [0.717, 1.165) is 5.69 Å². The Morgan fingerprint density at radius 3 is 2.50 bits per heavy atom. The van der Waals surface area contributed by atoms with Crippen molar-refractivity contribution in [3.63, 3.8) is 0 Å². The summed E-state index contributed by atoms with van der Waals surface area (Å²) in [6.07, 6.45) is 8.47. The lowest BCUT2D eigenvalue weighted by atomic mass is 9.87. The molecule has 0 amide bonds. The van der Waals surface area contributed by atoms with Crippen LogP contribution in [0.3, 0.4) is 0 Å². The number of hydrogen-bond acceptors (Lipinski definition) is 2. The number of allylic oxidation sites excluding steroid dienone is 3. The van der Waals surface area contributed by atoms with E-state index in [1.165, 1.54) is 0 Å². The van der Waals surface area contributed by atoms with Crippen molar-refractivity contribution in [1.82, 2.24) is 0 Å². The van der Waals surface area contributed by atoms with Crippen LogP contribution in [0.4, 0.5) is 5.69 Å². The molecule has 0 spiro atoms. The smallest absolute Gasteiger partial charge is 0.0812 e. The summed E-state index contributed by atoms with van der Waals surface area (Å²) in [5, 5.41) is 3.33. The van der Waals surface area contributed by atoms with Gasteiger partial charge in [0.15, 0.2) is 0 Å². The Morgan fingerprint density at radius 1 is 1.12 bits per heavy atom. The highest BCUT2D eigenvalue weighted by atomic mass is 15.0. The molecule has 84 valence electrons. The minimum absolute atomic E-state index is 0.0430. The number of hydrogen-bond donors (Lipinski definition) is 2. The maximum absolute atomic E-state index is 6.17. The van der Waals surface area contributed by atoms with Gasteiger partial charge in [-0.1, -0.05) is 49.4 Å². The third-order valence-electron chi connectivity index (χ3n) is 2.99. The SMILES string of the molecule is CC1C=CC=CC1[C@@H](N)Nc1ccccc1. The van der Waals surface area contributed by atoms with Crippen molar-refractivity contribution < 1.29 is 0 Å². The molecule has 0 bridgehead atoms.